The van der Waals surface area contributed by atoms with Gasteiger partial charge in [-0.2, -0.15) is 0 Å². The van der Waals surface area contributed by atoms with Crippen LogP contribution in [-0.4, -0.2) is 45.6 Å². The van der Waals surface area contributed by atoms with E-state index in [0.29, 0.717) is 5.69 Å². The van der Waals surface area contributed by atoms with Gasteiger partial charge in [0, 0.05) is 13.0 Å². The lowest BCUT2D eigenvalue weighted by Crippen LogP contribution is -2.55. The van der Waals surface area contributed by atoms with Crippen molar-refractivity contribution in [3.8, 4) is 0 Å². The Hall–Kier alpha value is -4.26. The summed E-state index contributed by atoms with van der Waals surface area (Å²) in [5.41, 5.74) is 1.52. The molecule has 37 heavy (non-hydrogen) atoms. The van der Waals surface area contributed by atoms with E-state index in [0.717, 1.165) is 16.7 Å². The van der Waals surface area contributed by atoms with Crippen LogP contribution < -0.4 is 4.90 Å². The molecule has 4 atom stereocenters. The maximum absolute atomic E-state index is 14.5. The summed E-state index contributed by atoms with van der Waals surface area (Å²) >= 11 is 0. The highest BCUT2D eigenvalue weighted by molar-refractivity contribution is 6.27. The van der Waals surface area contributed by atoms with Crippen molar-refractivity contribution >= 4 is 29.4 Å². The van der Waals surface area contributed by atoms with Gasteiger partial charge in [-0.3, -0.25) is 19.3 Å². The number of urea groups is 1. The molecule has 3 saturated heterocycles. The summed E-state index contributed by atoms with van der Waals surface area (Å²) < 4.78 is 0. The minimum atomic E-state index is -1.52. The van der Waals surface area contributed by atoms with Crippen LogP contribution in [-0.2, 0) is 20.8 Å². The number of hydrogen-bond acceptors (Lipinski definition) is 4. The Morgan fingerprint density at radius 2 is 1.41 bits per heavy atom. The third-order valence-electron chi connectivity index (χ3n) is 8.04. The topological polar surface area (TPSA) is 78.0 Å². The highest BCUT2D eigenvalue weighted by atomic mass is 16.2. The molecular formula is C30H27N3O4. The fourth-order valence-electron chi connectivity index (χ4n) is 6.46. The van der Waals surface area contributed by atoms with E-state index in [1.807, 2.05) is 67.6 Å². The minimum absolute atomic E-state index is 0.141. The Kier molecular flexibility index (Phi) is 5.26. The lowest BCUT2D eigenvalue weighted by atomic mass is 9.75. The van der Waals surface area contributed by atoms with Gasteiger partial charge in [-0.15, -0.1) is 0 Å². The van der Waals surface area contributed by atoms with Crippen LogP contribution in [0.25, 0.3) is 0 Å². The molecule has 0 N–H and O–H groups in total. The van der Waals surface area contributed by atoms with Crippen molar-refractivity contribution in [1.82, 2.24) is 9.80 Å². The number of fused-ring (bicyclic) bond motifs is 3. The standard InChI is InChI=1S/C30H27N3O4/c1-3-31-26(34)23-24(27(31)35)30(18-20-10-6-4-7-11-20)28(36)32(22-12-8-5-9-13-22)29(37)33(30)25(23)21-16-14-19(2)15-17-21/h4-17,23-25H,3,18H2,1-2H3/t23?,24?,25?,30-/m1/s1. The smallest absolute Gasteiger partial charge is 0.300 e. The van der Waals surface area contributed by atoms with Crippen LogP contribution in [0.15, 0.2) is 84.9 Å². The summed E-state index contributed by atoms with van der Waals surface area (Å²) in [7, 11) is 0. The summed E-state index contributed by atoms with van der Waals surface area (Å²) in [5.74, 6) is -2.97. The van der Waals surface area contributed by atoms with Crippen LogP contribution in [0.4, 0.5) is 10.5 Å². The van der Waals surface area contributed by atoms with E-state index in [1.54, 1.807) is 36.1 Å². The quantitative estimate of drug-likeness (QED) is 0.396. The number of hydrogen-bond donors (Lipinski definition) is 0. The van der Waals surface area contributed by atoms with Crippen molar-refractivity contribution in [3.63, 3.8) is 0 Å². The SMILES string of the molecule is CCN1C(=O)C2C(c3ccc(C)cc3)N3C(=O)N(c4ccccc4)C(=O)[C@@]3(Cc3ccccc3)C2C1=O. The lowest BCUT2D eigenvalue weighted by molar-refractivity contribution is -0.144. The van der Waals surface area contributed by atoms with E-state index in [-0.39, 0.29) is 24.8 Å². The van der Waals surface area contributed by atoms with E-state index in [4.69, 9.17) is 0 Å². The van der Waals surface area contributed by atoms with Crippen molar-refractivity contribution in [3.05, 3.63) is 102 Å². The Bertz CT molecular complexity index is 1410. The van der Waals surface area contributed by atoms with E-state index in [2.05, 4.69) is 0 Å². The number of likely N-dealkylation sites (tertiary alicyclic amines) is 1. The Morgan fingerprint density at radius 1 is 0.784 bits per heavy atom. The number of benzene rings is 3. The molecule has 3 unspecified atom stereocenters. The normalized spacial score (nSPS) is 26.8. The number of carbonyl (C=O) groups excluding carboxylic acids is 4. The van der Waals surface area contributed by atoms with E-state index in [1.165, 1.54) is 9.80 Å². The molecule has 3 aliphatic heterocycles. The van der Waals surface area contributed by atoms with Gasteiger partial charge < -0.3 is 4.90 Å². The summed E-state index contributed by atoms with van der Waals surface area (Å²) in [4.78, 5) is 60.4. The lowest BCUT2D eigenvalue weighted by Gasteiger charge is -2.35. The van der Waals surface area contributed by atoms with Gasteiger partial charge in [0.2, 0.25) is 11.8 Å². The zero-order valence-corrected chi connectivity index (χ0v) is 20.7. The molecule has 7 nitrogen and oxygen atoms in total. The van der Waals surface area contributed by atoms with E-state index >= 15 is 0 Å². The second kappa shape index (κ2) is 8.40. The molecule has 3 aromatic carbocycles. The van der Waals surface area contributed by atoms with Crippen molar-refractivity contribution < 1.29 is 19.2 Å². The van der Waals surface area contributed by atoms with Gasteiger partial charge in [0.1, 0.15) is 5.54 Å². The summed E-state index contributed by atoms with van der Waals surface area (Å²) in [6.45, 7) is 3.94. The first-order chi connectivity index (χ1) is 17.9. The van der Waals surface area contributed by atoms with Crippen LogP contribution in [0, 0.1) is 18.8 Å². The van der Waals surface area contributed by atoms with Gasteiger partial charge in [0.15, 0.2) is 0 Å². The number of para-hydroxylation sites is 1. The molecule has 0 spiro atoms. The van der Waals surface area contributed by atoms with Crippen LogP contribution >= 0.6 is 0 Å². The fourth-order valence-corrected chi connectivity index (χ4v) is 6.46. The van der Waals surface area contributed by atoms with Gasteiger partial charge in [-0.25, -0.2) is 9.69 Å². The van der Waals surface area contributed by atoms with Gasteiger partial charge in [-0.05, 0) is 37.1 Å². The molecule has 7 heteroatoms. The highest BCUT2D eigenvalue weighted by Gasteiger charge is 2.77. The number of aryl methyl sites for hydroxylation is 1. The average Bonchev–Trinajstić information content (AvgIpc) is 3.43. The molecule has 3 heterocycles. The molecule has 3 fully saturated rings. The van der Waals surface area contributed by atoms with E-state index in [9.17, 15) is 19.2 Å². The molecule has 0 radical (unpaired) electrons. The summed E-state index contributed by atoms with van der Waals surface area (Å²) in [6, 6.07) is 24.6. The zero-order valence-electron chi connectivity index (χ0n) is 20.7. The molecule has 5 amide bonds. The van der Waals surface area contributed by atoms with Gasteiger partial charge in [0.25, 0.3) is 5.91 Å². The van der Waals surface area contributed by atoms with Crippen molar-refractivity contribution in [2.24, 2.45) is 11.8 Å². The second-order valence-corrected chi connectivity index (χ2v) is 10.00. The Morgan fingerprint density at radius 3 is 2.03 bits per heavy atom. The van der Waals surface area contributed by atoms with Gasteiger partial charge >= 0.3 is 6.03 Å². The predicted molar refractivity (Wildman–Crippen MR) is 137 cm³/mol. The first-order valence-corrected chi connectivity index (χ1v) is 12.6. The molecule has 186 valence electrons. The third kappa shape index (κ3) is 3.13. The number of anilines is 1. The molecule has 0 bridgehead atoms. The second-order valence-electron chi connectivity index (χ2n) is 10.00. The van der Waals surface area contributed by atoms with Gasteiger partial charge in [-0.1, -0.05) is 78.4 Å². The molecule has 6 rings (SSSR count). The number of rotatable bonds is 5. The number of carbonyl (C=O) groups is 4. The molecule has 0 aliphatic carbocycles. The minimum Gasteiger partial charge on any atom is -0.300 e. The first kappa shape index (κ1) is 23.2. The van der Waals surface area contributed by atoms with Crippen LogP contribution in [0.1, 0.15) is 29.7 Å². The summed E-state index contributed by atoms with van der Waals surface area (Å²) in [5, 5.41) is 0. The Labute approximate surface area is 215 Å². The van der Waals surface area contributed by atoms with Crippen molar-refractivity contribution in [2.45, 2.75) is 31.8 Å². The molecule has 0 saturated carbocycles. The third-order valence-corrected chi connectivity index (χ3v) is 8.04. The summed E-state index contributed by atoms with van der Waals surface area (Å²) in [6.07, 6.45) is 0.141. The predicted octanol–water partition coefficient (Wildman–Crippen LogP) is 4.12. The molecular weight excluding hydrogens is 466 g/mol. The average molecular weight is 494 g/mol. The Balaban J connectivity index is 1.61. The monoisotopic (exact) mass is 493 g/mol. The zero-order chi connectivity index (χ0) is 25.9. The maximum atomic E-state index is 14.5. The number of imide groups is 2. The molecule has 0 aromatic heterocycles. The molecule has 3 aromatic rings. The van der Waals surface area contributed by atoms with Gasteiger partial charge in [0.05, 0.1) is 23.6 Å². The first-order valence-electron chi connectivity index (χ1n) is 12.6. The van der Waals surface area contributed by atoms with Crippen molar-refractivity contribution in [1.29, 1.82) is 0 Å². The number of amides is 5. The molecule has 3 aliphatic rings. The maximum Gasteiger partial charge on any atom is 0.332 e. The highest BCUT2D eigenvalue weighted by Crippen LogP contribution is 2.59. The van der Waals surface area contributed by atoms with Crippen molar-refractivity contribution in [2.75, 3.05) is 11.4 Å². The number of nitrogens with zero attached hydrogens (tertiary/aromatic N) is 3. The largest absolute Gasteiger partial charge is 0.332 e. The van der Waals surface area contributed by atoms with Crippen LogP contribution in [0.2, 0.25) is 0 Å². The fraction of sp³-hybridized carbons (Fsp3) is 0.267. The van der Waals surface area contributed by atoms with E-state index < -0.39 is 35.4 Å². The van der Waals surface area contributed by atoms with Crippen LogP contribution in [0.3, 0.4) is 0 Å². The van der Waals surface area contributed by atoms with Crippen LogP contribution in [0.5, 0.6) is 0 Å².